The van der Waals surface area contributed by atoms with Crippen LogP contribution in [0.3, 0.4) is 0 Å². The number of hydrogen-bond donors (Lipinski definition) is 3. The van der Waals surface area contributed by atoms with Gasteiger partial charge < -0.3 is 10.4 Å². The quantitative estimate of drug-likeness (QED) is 0.286. The Morgan fingerprint density at radius 3 is 2.69 bits per heavy atom. The lowest BCUT2D eigenvalue weighted by Crippen LogP contribution is -2.33. The first-order valence-corrected chi connectivity index (χ1v) is 13.1. The van der Waals surface area contributed by atoms with Gasteiger partial charge in [-0.2, -0.15) is 0 Å². The van der Waals surface area contributed by atoms with E-state index in [1.165, 1.54) is 42.5 Å². The van der Waals surface area contributed by atoms with Crippen molar-refractivity contribution in [3.05, 3.63) is 75.5 Å². The summed E-state index contributed by atoms with van der Waals surface area (Å²) in [6.07, 6.45) is 1.62. The van der Waals surface area contributed by atoms with E-state index < -0.39 is 27.6 Å². The minimum absolute atomic E-state index is 0.0432. The molecule has 0 bridgehead atoms. The number of ketones is 1. The number of carbonyl (C=O) groups excluding carboxylic acids is 1. The van der Waals surface area contributed by atoms with Crippen molar-refractivity contribution in [1.29, 1.82) is 0 Å². The van der Waals surface area contributed by atoms with Crippen LogP contribution in [0.15, 0.2) is 58.4 Å². The van der Waals surface area contributed by atoms with Crippen LogP contribution in [0.2, 0.25) is 10.0 Å². The van der Waals surface area contributed by atoms with Gasteiger partial charge in [0.15, 0.2) is 15.6 Å². The van der Waals surface area contributed by atoms with Crippen molar-refractivity contribution in [3.8, 4) is 0 Å². The molecular formula is C23H23Cl2FN4O5S. The molecule has 1 aliphatic rings. The van der Waals surface area contributed by atoms with Crippen LogP contribution in [0.25, 0.3) is 0 Å². The molecule has 1 amide bonds. The van der Waals surface area contributed by atoms with Crippen LogP contribution in [0.1, 0.15) is 11.1 Å². The Morgan fingerprint density at radius 2 is 1.97 bits per heavy atom. The number of aliphatic imine (C=N–C) groups is 1. The highest BCUT2D eigenvalue weighted by Crippen LogP contribution is 2.29. The van der Waals surface area contributed by atoms with E-state index in [4.69, 9.17) is 23.2 Å². The summed E-state index contributed by atoms with van der Waals surface area (Å²) >= 11 is 11.8. The highest BCUT2D eigenvalue weighted by molar-refractivity contribution is 7.91. The van der Waals surface area contributed by atoms with Crippen LogP contribution in [-0.4, -0.2) is 68.2 Å². The van der Waals surface area contributed by atoms with Crippen LogP contribution in [0, 0.1) is 5.82 Å². The molecule has 13 heteroatoms. The van der Waals surface area contributed by atoms with E-state index in [0.717, 1.165) is 4.90 Å². The minimum Gasteiger partial charge on any atom is -0.465 e. The minimum atomic E-state index is -3.71. The highest BCUT2D eigenvalue weighted by atomic mass is 35.5. The van der Waals surface area contributed by atoms with Crippen LogP contribution in [0.4, 0.5) is 9.18 Å². The molecule has 0 unspecified atom stereocenters. The standard InChI is InChI=1S/C23H23Cl2FN4O5S/c24-18-4-1-5-20(21(18)25)36(34,35)14-27-8-2-3-17(31)13-28-12-16-7-6-15(11-19(16)26)22-29-9-10-30(22)23(32)33/h1-7,11,27-28H,8-10,12-14H2,(H,32,33). The number of carboxylic acid groups (broad SMARTS) is 1. The van der Waals surface area contributed by atoms with Crippen molar-refractivity contribution in [3.63, 3.8) is 0 Å². The summed E-state index contributed by atoms with van der Waals surface area (Å²) in [5, 5.41) is 14.8. The van der Waals surface area contributed by atoms with Crippen LogP contribution < -0.4 is 10.6 Å². The number of halogens is 3. The van der Waals surface area contributed by atoms with E-state index in [1.807, 2.05) is 0 Å². The number of rotatable bonds is 11. The molecular weight excluding hydrogens is 534 g/mol. The maximum Gasteiger partial charge on any atom is 0.413 e. The van der Waals surface area contributed by atoms with Crippen molar-refractivity contribution < 1.29 is 27.5 Å². The molecule has 9 nitrogen and oxygen atoms in total. The molecule has 0 radical (unpaired) electrons. The fraction of sp³-hybridized carbons (Fsp3) is 0.261. The Hall–Kier alpha value is -2.83. The lowest BCUT2D eigenvalue weighted by atomic mass is 10.1. The molecule has 2 aromatic carbocycles. The average molecular weight is 557 g/mol. The van der Waals surface area contributed by atoms with E-state index in [2.05, 4.69) is 15.6 Å². The van der Waals surface area contributed by atoms with E-state index in [9.17, 15) is 27.5 Å². The van der Waals surface area contributed by atoms with Crippen molar-refractivity contribution in [2.45, 2.75) is 11.4 Å². The summed E-state index contributed by atoms with van der Waals surface area (Å²) in [6.45, 7) is 0.693. The molecule has 0 aromatic heterocycles. The van der Waals surface area contributed by atoms with Gasteiger partial charge in [0.1, 0.15) is 17.5 Å². The third kappa shape index (κ3) is 7.11. The van der Waals surface area contributed by atoms with Crippen molar-refractivity contribution in [1.82, 2.24) is 15.5 Å². The topological polar surface area (TPSA) is 128 Å². The number of amidine groups is 1. The molecule has 0 saturated carbocycles. The zero-order valence-electron chi connectivity index (χ0n) is 18.9. The van der Waals surface area contributed by atoms with Gasteiger partial charge in [-0.05, 0) is 24.3 Å². The van der Waals surface area contributed by atoms with E-state index in [-0.39, 0.29) is 52.7 Å². The lowest BCUT2D eigenvalue weighted by molar-refractivity contribution is -0.113. The molecule has 192 valence electrons. The molecule has 0 saturated heterocycles. The normalized spacial score (nSPS) is 13.9. The molecule has 0 atom stereocenters. The highest BCUT2D eigenvalue weighted by Gasteiger charge is 2.25. The van der Waals surface area contributed by atoms with Crippen LogP contribution >= 0.6 is 23.2 Å². The molecule has 0 aliphatic carbocycles. The molecule has 3 N–H and O–H groups in total. The summed E-state index contributed by atoms with van der Waals surface area (Å²) in [5.41, 5.74) is 0.671. The number of hydrogen-bond acceptors (Lipinski definition) is 7. The van der Waals surface area contributed by atoms with Gasteiger partial charge >= 0.3 is 6.09 Å². The van der Waals surface area contributed by atoms with Gasteiger partial charge in [0.05, 0.1) is 34.6 Å². The van der Waals surface area contributed by atoms with Crippen molar-refractivity contribution in [2.75, 3.05) is 32.1 Å². The van der Waals surface area contributed by atoms with Crippen molar-refractivity contribution >= 4 is 50.8 Å². The Morgan fingerprint density at radius 1 is 1.19 bits per heavy atom. The molecule has 2 aromatic rings. The third-order valence-corrected chi connectivity index (χ3v) is 7.63. The first-order chi connectivity index (χ1) is 17.1. The maximum atomic E-state index is 14.5. The smallest absolute Gasteiger partial charge is 0.413 e. The number of nitrogens with one attached hydrogen (secondary N) is 2. The monoisotopic (exact) mass is 556 g/mol. The molecule has 36 heavy (non-hydrogen) atoms. The predicted molar refractivity (Wildman–Crippen MR) is 135 cm³/mol. The summed E-state index contributed by atoms with van der Waals surface area (Å²) in [7, 11) is -3.71. The number of sulfone groups is 1. The zero-order valence-corrected chi connectivity index (χ0v) is 21.2. The molecule has 3 rings (SSSR count). The van der Waals surface area contributed by atoms with Gasteiger partial charge in [0.25, 0.3) is 0 Å². The van der Waals surface area contributed by atoms with Gasteiger partial charge in [0.2, 0.25) is 0 Å². The largest absolute Gasteiger partial charge is 0.465 e. The fourth-order valence-electron chi connectivity index (χ4n) is 3.36. The van der Waals surface area contributed by atoms with Gasteiger partial charge in [-0.15, -0.1) is 0 Å². The number of nitrogens with zero attached hydrogens (tertiary/aromatic N) is 2. The van der Waals surface area contributed by atoms with E-state index in [0.29, 0.717) is 17.7 Å². The summed E-state index contributed by atoms with van der Waals surface area (Å²) in [6, 6.07) is 8.65. The first-order valence-electron chi connectivity index (χ1n) is 10.7. The number of benzene rings is 2. The Kier molecular flexibility index (Phi) is 9.57. The number of carbonyl (C=O) groups is 2. The van der Waals surface area contributed by atoms with Gasteiger partial charge in [-0.25, -0.2) is 17.6 Å². The first kappa shape index (κ1) is 27.8. The van der Waals surface area contributed by atoms with Crippen LogP contribution in [-0.2, 0) is 21.2 Å². The predicted octanol–water partition coefficient (Wildman–Crippen LogP) is 3.11. The summed E-state index contributed by atoms with van der Waals surface area (Å²) in [4.78, 5) is 28.4. The maximum absolute atomic E-state index is 14.5. The van der Waals surface area contributed by atoms with Gasteiger partial charge in [0, 0.05) is 24.2 Å². The molecule has 0 spiro atoms. The Labute approximate surface area is 217 Å². The molecule has 1 heterocycles. The van der Waals surface area contributed by atoms with Crippen LogP contribution in [0.5, 0.6) is 0 Å². The second kappa shape index (κ2) is 12.4. The van der Waals surface area contributed by atoms with Gasteiger partial charge in [-0.1, -0.05) is 47.5 Å². The fourth-order valence-corrected chi connectivity index (χ4v) is 5.28. The third-order valence-electron chi connectivity index (χ3n) is 5.11. The van der Waals surface area contributed by atoms with E-state index >= 15 is 0 Å². The van der Waals surface area contributed by atoms with Crippen molar-refractivity contribution in [2.24, 2.45) is 4.99 Å². The average Bonchev–Trinajstić information content (AvgIpc) is 3.32. The molecule has 0 fully saturated rings. The Bertz CT molecular complexity index is 1320. The zero-order chi connectivity index (χ0) is 26.3. The Balaban J connectivity index is 1.42. The second-order valence-electron chi connectivity index (χ2n) is 7.68. The van der Waals surface area contributed by atoms with E-state index in [1.54, 1.807) is 6.07 Å². The second-order valence-corrected chi connectivity index (χ2v) is 10.4. The summed E-state index contributed by atoms with van der Waals surface area (Å²) in [5.74, 6) is -1.02. The van der Waals surface area contributed by atoms with Gasteiger partial charge in [-0.3, -0.25) is 20.0 Å². The number of amides is 1. The summed E-state index contributed by atoms with van der Waals surface area (Å²) < 4.78 is 39.2. The molecule has 1 aliphatic heterocycles. The SMILES string of the molecule is O=C(C=CCNCS(=O)(=O)c1cccc(Cl)c1Cl)CNCc1ccc(C2=NCCN2C(=O)O)cc1F. The lowest BCUT2D eigenvalue weighted by Gasteiger charge is -2.15.